The van der Waals surface area contributed by atoms with Gasteiger partial charge in [0.25, 0.3) is 17.7 Å². The van der Waals surface area contributed by atoms with E-state index >= 15 is 0 Å². The molecule has 2 aliphatic heterocycles. The summed E-state index contributed by atoms with van der Waals surface area (Å²) >= 11 is 1.20. The van der Waals surface area contributed by atoms with Crippen LogP contribution in [0.5, 0.6) is 0 Å². The molecule has 0 aliphatic carbocycles. The van der Waals surface area contributed by atoms with E-state index in [-0.39, 0.29) is 17.6 Å². The van der Waals surface area contributed by atoms with E-state index in [9.17, 15) is 14.4 Å². The summed E-state index contributed by atoms with van der Waals surface area (Å²) in [6.45, 7) is 3.60. The Bertz CT molecular complexity index is 1260. The Hall–Kier alpha value is -3.46. The van der Waals surface area contributed by atoms with Gasteiger partial charge in [-0.05, 0) is 37.6 Å². The van der Waals surface area contributed by atoms with Gasteiger partial charge < -0.3 is 5.32 Å². The molecule has 2 N–H and O–H groups in total. The average molecular weight is 419 g/mol. The molecule has 1 aromatic carbocycles. The second-order valence-corrected chi connectivity index (χ2v) is 8.39. The van der Waals surface area contributed by atoms with Gasteiger partial charge in [-0.15, -0.1) is 11.8 Å². The molecular formula is C21H17N5O3S. The molecule has 9 heteroatoms. The van der Waals surface area contributed by atoms with Gasteiger partial charge in [-0.3, -0.25) is 19.8 Å². The molecule has 2 aliphatic rings. The Morgan fingerprint density at radius 3 is 2.90 bits per heavy atom. The van der Waals surface area contributed by atoms with Crippen molar-refractivity contribution in [1.29, 1.82) is 0 Å². The minimum Gasteiger partial charge on any atom is -0.322 e. The molecule has 30 heavy (non-hydrogen) atoms. The van der Waals surface area contributed by atoms with E-state index in [4.69, 9.17) is 0 Å². The van der Waals surface area contributed by atoms with Crippen molar-refractivity contribution in [1.82, 2.24) is 20.4 Å². The topological polar surface area (TPSA) is 104 Å². The van der Waals surface area contributed by atoms with Crippen LogP contribution in [0.4, 0.5) is 5.69 Å². The number of anilines is 1. The Labute approximate surface area is 176 Å². The van der Waals surface area contributed by atoms with Crippen molar-refractivity contribution in [2.24, 2.45) is 0 Å². The Morgan fingerprint density at radius 1 is 1.23 bits per heavy atom. The zero-order chi connectivity index (χ0) is 21.0. The van der Waals surface area contributed by atoms with E-state index in [1.54, 1.807) is 31.3 Å². The summed E-state index contributed by atoms with van der Waals surface area (Å²) in [6, 6.07) is 10.8. The molecule has 0 radical (unpaired) electrons. The van der Waals surface area contributed by atoms with E-state index in [2.05, 4.69) is 20.7 Å². The first-order chi connectivity index (χ1) is 14.4. The number of thioether (sulfide) groups is 1. The quantitative estimate of drug-likeness (QED) is 0.660. The number of aromatic nitrogens is 2. The second kappa shape index (κ2) is 6.53. The van der Waals surface area contributed by atoms with Crippen molar-refractivity contribution in [3.8, 4) is 0 Å². The lowest BCUT2D eigenvalue weighted by Gasteiger charge is -2.32. The van der Waals surface area contributed by atoms with Gasteiger partial charge in [-0.25, -0.2) is 15.0 Å². The zero-order valence-corrected chi connectivity index (χ0v) is 17.0. The number of nitrogens with zero attached hydrogens (tertiary/aromatic N) is 3. The van der Waals surface area contributed by atoms with Crippen LogP contribution in [0.1, 0.15) is 27.2 Å². The van der Waals surface area contributed by atoms with Crippen LogP contribution in [-0.4, -0.2) is 38.5 Å². The van der Waals surface area contributed by atoms with Crippen molar-refractivity contribution in [2.75, 3.05) is 11.1 Å². The predicted molar refractivity (Wildman–Crippen MR) is 113 cm³/mol. The van der Waals surface area contributed by atoms with Gasteiger partial charge in [0, 0.05) is 17.1 Å². The lowest BCUT2D eigenvalue weighted by Crippen LogP contribution is -2.55. The highest BCUT2D eigenvalue weighted by molar-refractivity contribution is 8.02. The number of nitrogens with one attached hydrogen (secondary N) is 2. The minimum absolute atomic E-state index is 0.0833. The number of carbonyl (C=O) groups excluding carboxylic acids is 3. The third-order valence-corrected chi connectivity index (χ3v) is 6.79. The van der Waals surface area contributed by atoms with Gasteiger partial charge in [0.05, 0.1) is 22.7 Å². The van der Waals surface area contributed by atoms with Crippen molar-refractivity contribution >= 4 is 46.2 Å². The zero-order valence-electron chi connectivity index (χ0n) is 16.2. The SMILES string of the molecule is Cc1cccc2c1NC(=O)C21SCC(=O)N1NC(=O)c1cc2cccnc2nc1C. The van der Waals surface area contributed by atoms with Crippen LogP contribution in [0.3, 0.4) is 0 Å². The van der Waals surface area contributed by atoms with E-state index in [1.165, 1.54) is 11.8 Å². The van der Waals surface area contributed by atoms with Crippen LogP contribution in [0.25, 0.3) is 11.0 Å². The number of benzene rings is 1. The summed E-state index contributed by atoms with van der Waals surface area (Å²) in [5.74, 6) is -1.11. The number of hydrazine groups is 1. The van der Waals surface area contributed by atoms with Crippen LogP contribution in [0.2, 0.25) is 0 Å². The Morgan fingerprint density at radius 2 is 2.07 bits per heavy atom. The van der Waals surface area contributed by atoms with Crippen molar-refractivity contribution in [3.05, 3.63) is 65.0 Å². The minimum atomic E-state index is -1.33. The van der Waals surface area contributed by atoms with Crippen LogP contribution in [0, 0.1) is 13.8 Å². The highest BCUT2D eigenvalue weighted by atomic mass is 32.2. The molecule has 3 aromatic rings. The monoisotopic (exact) mass is 419 g/mol. The number of rotatable bonds is 2. The molecule has 4 heterocycles. The third-order valence-electron chi connectivity index (χ3n) is 5.39. The molecule has 1 atom stereocenters. The van der Waals surface area contributed by atoms with Crippen molar-refractivity contribution in [3.63, 3.8) is 0 Å². The van der Waals surface area contributed by atoms with Gasteiger partial charge in [0.2, 0.25) is 4.87 Å². The first-order valence-corrected chi connectivity index (χ1v) is 10.3. The van der Waals surface area contributed by atoms with E-state index in [0.717, 1.165) is 10.6 Å². The third kappa shape index (κ3) is 2.51. The Balaban J connectivity index is 1.55. The van der Waals surface area contributed by atoms with Crippen molar-refractivity contribution < 1.29 is 14.4 Å². The van der Waals surface area contributed by atoms with Crippen LogP contribution < -0.4 is 10.7 Å². The summed E-state index contributed by atoms with van der Waals surface area (Å²) in [5.41, 5.74) is 6.26. The summed E-state index contributed by atoms with van der Waals surface area (Å²) in [6.07, 6.45) is 1.64. The molecule has 150 valence electrons. The number of pyridine rings is 2. The summed E-state index contributed by atoms with van der Waals surface area (Å²) < 4.78 is 0. The highest BCUT2D eigenvalue weighted by Crippen LogP contribution is 2.52. The smallest absolute Gasteiger partial charge is 0.271 e. The molecule has 1 fully saturated rings. The molecule has 3 amide bonds. The maximum Gasteiger partial charge on any atom is 0.271 e. The molecule has 1 saturated heterocycles. The lowest BCUT2D eigenvalue weighted by atomic mass is 10.0. The molecule has 0 saturated carbocycles. The highest BCUT2D eigenvalue weighted by Gasteiger charge is 2.59. The number of aryl methyl sites for hydroxylation is 2. The standard InChI is InChI=1S/C21H17N5O3S/c1-11-5-3-7-15-17(11)24-20(29)21(15)26(16(27)10-30-21)25-19(28)14-9-13-6-4-8-22-18(13)23-12(14)2/h3-9H,10H2,1-2H3,(H,24,29)(H,25,28). The second-order valence-electron chi connectivity index (χ2n) is 7.23. The van der Waals surface area contributed by atoms with Crippen LogP contribution in [-0.2, 0) is 14.5 Å². The van der Waals surface area contributed by atoms with Gasteiger partial charge >= 0.3 is 0 Å². The van der Waals surface area contributed by atoms with Crippen LogP contribution in [0.15, 0.2) is 42.6 Å². The largest absolute Gasteiger partial charge is 0.322 e. The summed E-state index contributed by atoms with van der Waals surface area (Å²) in [7, 11) is 0. The Kier molecular flexibility index (Phi) is 4.04. The first kappa shape index (κ1) is 18.6. The predicted octanol–water partition coefficient (Wildman–Crippen LogP) is 2.27. The molecule has 5 rings (SSSR count). The summed E-state index contributed by atoms with van der Waals surface area (Å²) in [4.78, 5) is 46.1. The van der Waals surface area contributed by atoms with Gasteiger partial charge in [0.1, 0.15) is 0 Å². The summed E-state index contributed by atoms with van der Waals surface area (Å²) in [5, 5.41) is 4.74. The van der Waals surface area contributed by atoms with E-state index in [1.807, 2.05) is 25.1 Å². The van der Waals surface area contributed by atoms with Crippen molar-refractivity contribution in [2.45, 2.75) is 18.7 Å². The molecule has 2 aromatic heterocycles. The molecular weight excluding hydrogens is 402 g/mol. The van der Waals surface area contributed by atoms with Gasteiger partial charge in [0.15, 0.2) is 5.65 Å². The number of hydrogen-bond acceptors (Lipinski definition) is 6. The number of fused-ring (bicyclic) bond motifs is 3. The van der Waals surface area contributed by atoms with E-state index < -0.39 is 10.8 Å². The fourth-order valence-electron chi connectivity index (χ4n) is 3.90. The normalized spacial score (nSPS) is 20.0. The van der Waals surface area contributed by atoms with E-state index in [0.29, 0.717) is 33.5 Å². The first-order valence-electron chi connectivity index (χ1n) is 9.34. The van der Waals surface area contributed by atoms with Gasteiger partial charge in [-0.2, -0.15) is 0 Å². The molecule has 1 spiro atoms. The molecule has 8 nitrogen and oxygen atoms in total. The fraction of sp³-hybridized carbons (Fsp3) is 0.190. The number of carbonyl (C=O) groups is 3. The van der Waals surface area contributed by atoms with Gasteiger partial charge in [-0.1, -0.05) is 18.2 Å². The number of amides is 3. The average Bonchev–Trinajstić information content (AvgIpc) is 3.21. The number of hydrogen-bond donors (Lipinski definition) is 2. The molecule has 0 bridgehead atoms. The maximum absolute atomic E-state index is 13.1. The molecule has 1 unspecified atom stereocenters. The number of para-hydroxylation sites is 1. The maximum atomic E-state index is 13.1. The lowest BCUT2D eigenvalue weighted by molar-refractivity contribution is -0.139. The fourth-order valence-corrected chi connectivity index (χ4v) is 5.15. The van der Waals surface area contributed by atoms with Crippen LogP contribution >= 0.6 is 11.8 Å².